The number of carbonyl (C=O) groups is 1. The van der Waals surface area contributed by atoms with Crippen molar-refractivity contribution in [2.45, 2.75) is 32.2 Å². The third-order valence-corrected chi connectivity index (χ3v) is 3.97. The average Bonchev–Trinajstić information content (AvgIpc) is 2.59. The number of aromatic nitrogens is 1. The molecule has 1 aromatic heterocycles. The molecule has 0 aromatic carbocycles. The van der Waals surface area contributed by atoms with E-state index in [9.17, 15) is 14.3 Å². The van der Waals surface area contributed by atoms with Crippen LogP contribution in [0.2, 0.25) is 0 Å². The van der Waals surface area contributed by atoms with Gasteiger partial charge in [0.05, 0.1) is 18.3 Å². The lowest BCUT2D eigenvalue weighted by Crippen LogP contribution is -2.52. The van der Waals surface area contributed by atoms with Crippen LogP contribution in [0, 0.1) is 5.82 Å². The van der Waals surface area contributed by atoms with Gasteiger partial charge in [-0.05, 0) is 37.5 Å². The van der Waals surface area contributed by atoms with Crippen LogP contribution in [-0.4, -0.2) is 39.6 Å². The van der Waals surface area contributed by atoms with Gasteiger partial charge in [-0.25, -0.2) is 9.37 Å². The predicted molar refractivity (Wildman–Crippen MR) is 94.1 cm³/mol. The first kappa shape index (κ1) is 19.8. The van der Waals surface area contributed by atoms with E-state index in [-0.39, 0.29) is 18.2 Å². The molecule has 1 amide bonds. The van der Waals surface area contributed by atoms with E-state index in [1.165, 1.54) is 12.1 Å². The van der Waals surface area contributed by atoms with Gasteiger partial charge in [0.15, 0.2) is 0 Å². The number of rotatable bonds is 9. The maximum absolute atomic E-state index is 13.1. The topological polar surface area (TPSA) is 53.4 Å². The van der Waals surface area contributed by atoms with E-state index in [1.54, 1.807) is 17.1 Å². The number of hydrogen-bond acceptors (Lipinski definition) is 3. The maximum atomic E-state index is 13.1. The first-order valence-corrected chi connectivity index (χ1v) is 7.90. The second-order valence-electron chi connectivity index (χ2n) is 5.72. The molecule has 24 heavy (non-hydrogen) atoms. The smallest absolute Gasteiger partial charge is 0.273 e. The number of hydrogen-bond donors (Lipinski definition) is 1. The van der Waals surface area contributed by atoms with Gasteiger partial charge < -0.3 is 10.0 Å². The summed E-state index contributed by atoms with van der Waals surface area (Å²) in [5.41, 5.74) is -0.0909. The first-order chi connectivity index (χ1) is 11.4. The van der Waals surface area contributed by atoms with Crippen LogP contribution in [0.15, 0.2) is 55.3 Å². The van der Waals surface area contributed by atoms with E-state index in [0.717, 1.165) is 12.6 Å². The molecular weight excluding hydrogens is 307 g/mol. The molecule has 4 nitrogen and oxygen atoms in total. The Bertz CT molecular complexity index is 610. The number of aliphatic hydroxyl groups is 1. The number of pyridine rings is 1. The third kappa shape index (κ3) is 4.61. The SMILES string of the molecule is C=C/C=C\CC(C)(C(=C)CO)N(CCC)C(=O)c1ccc(F)cn1. The molecule has 1 unspecified atom stereocenters. The monoisotopic (exact) mass is 332 g/mol. The Morgan fingerprint density at radius 3 is 2.71 bits per heavy atom. The number of aliphatic hydroxyl groups excluding tert-OH is 1. The van der Waals surface area contributed by atoms with Crippen molar-refractivity contribution in [2.24, 2.45) is 0 Å². The lowest BCUT2D eigenvalue weighted by molar-refractivity contribution is 0.0559. The Labute approximate surface area is 143 Å². The van der Waals surface area contributed by atoms with Gasteiger partial charge >= 0.3 is 0 Å². The molecule has 1 rings (SSSR count). The molecule has 0 bridgehead atoms. The minimum absolute atomic E-state index is 0.162. The molecule has 0 aliphatic carbocycles. The molecule has 0 fully saturated rings. The van der Waals surface area contributed by atoms with Crippen molar-refractivity contribution in [3.8, 4) is 0 Å². The van der Waals surface area contributed by atoms with Gasteiger partial charge in [-0.2, -0.15) is 0 Å². The largest absolute Gasteiger partial charge is 0.392 e. The fourth-order valence-electron chi connectivity index (χ4n) is 2.45. The minimum Gasteiger partial charge on any atom is -0.392 e. The van der Waals surface area contributed by atoms with Crippen LogP contribution in [0.1, 0.15) is 37.2 Å². The van der Waals surface area contributed by atoms with E-state index in [4.69, 9.17) is 0 Å². The molecular formula is C19H25FN2O2. The molecule has 0 radical (unpaired) electrons. The molecule has 0 saturated carbocycles. The Kier molecular flexibility index (Phi) is 7.52. The number of carbonyl (C=O) groups excluding carboxylic acids is 1. The standard InChI is InChI=1S/C19H25FN2O2/c1-5-7-8-11-19(4,15(3)14-23)22(12-6-2)18(24)17-10-9-16(20)13-21-17/h5,7-10,13,23H,1,3,6,11-12,14H2,2,4H3/b8-7-. The quantitative estimate of drug-likeness (QED) is 0.556. The summed E-state index contributed by atoms with van der Waals surface area (Å²) in [6.45, 7) is 11.6. The van der Waals surface area contributed by atoms with E-state index >= 15 is 0 Å². The lowest BCUT2D eigenvalue weighted by Gasteiger charge is -2.42. The molecule has 130 valence electrons. The van der Waals surface area contributed by atoms with Crippen molar-refractivity contribution < 1.29 is 14.3 Å². The van der Waals surface area contributed by atoms with Crippen LogP contribution >= 0.6 is 0 Å². The van der Waals surface area contributed by atoms with Crippen molar-refractivity contribution in [1.29, 1.82) is 0 Å². The summed E-state index contributed by atoms with van der Waals surface area (Å²) in [7, 11) is 0. The number of nitrogens with zero attached hydrogens (tertiary/aromatic N) is 2. The van der Waals surface area contributed by atoms with Crippen LogP contribution in [0.4, 0.5) is 4.39 Å². The predicted octanol–water partition coefficient (Wildman–Crippen LogP) is 3.51. The molecule has 1 aromatic rings. The third-order valence-electron chi connectivity index (χ3n) is 3.97. The Hall–Kier alpha value is -2.27. The van der Waals surface area contributed by atoms with Crippen LogP contribution in [0.5, 0.6) is 0 Å². The molecule has 5 heteroatoms. The zero-order valence-electron chi connectivity index (χ0n) is 14.3. The molecule has 0 spiro atoms. The molecule has 0 saturated heterocycles. The number of halogens is 1. The van der Waals surface area contributed by atoms with Gasteiger partial charge in [-0.15, -0.1) is 0 Å². The summed E-state index contributed by atoms with van der Waals surface area (Å²) >= 11 is 0. The normalized spacial score (nSPS) is 13.5. The summed E-state index contributed by atoms with van der Waals surface area (Å²) in [6, 6.07) is 2.57. The van der Waals surface area contributed by atoms with Crippen molar-refractivity contribution in [3.63, 3.8) is 0 Å². The molecule has 1 atom stereocenters. The van der Waals surface area contributed by atoms with Crippen LogP contribution in [0.3, 0.4) is 0 Å². The summed E-state index contributed by atoms with van der Waals surface area (Å²) in [5.74, 6) is -0.814. The van der Waals surface area contributed by atoms with Crippen molar-refractivity contribution in [3.05, 3.63) is 66.8 Å². The molecule has 1 heterocycles. The van der Waals surface area contributed by atoms with Crippen LogP contribution in [-0.2, 0) is 0 Å². The van der Waals surface area contributed by atoms with Gasteiger partial charge in [0.2, 0.25) is 0 Å². The second-order valence-corrected chi connectivity index (χ2v) is 5.72. The highest BCUT2D eigenvalue weighted by Crippen LogP contribution is 2.29. The highest BCUT2D eigenvalue weighted by atomic mass is 19.1. The zero-order valence-corrected chi connectivity index (χ0v) is 14.3. The fourth-order valence-corrected chi connectivity index (χ4v) is 2.45. The van der Waals surface area contributed by atoms with E-state index in [2.05, 4.69) is 18.1 Å². The van der Waals surface area contributed by atoms with Gasteiger partial charge in [-0.3, -0.25) is 4.79 Å². The van der Waals surface area contributed by atoms with E-state index < -0.39 is 11.4 Å². The highest BCUT2D eigenvalue weighted by molar-refractivity contribution is 5.93. The number of allylic oxidation sites excluding steroid dienone is 2. The highest BCUT2D eigenvalue weighted by Gasteiger charge is 2.37. The van der Waals surface area contributed by atoms with Crippen molar-refractivity contribution >= 4 is 5.91 Å². The van der Waals surface area contributed by atoms with Crippen molar-refractivity contribution in [2.75, 3.05) is 13.2 Å². The van der Waals surface area contributed by atoms with Crippen LogP contribution < -0.4 is 0 Å². The Morgan fingerprint density at radius 1 is 1.50 bits per heavy atom. The molecule has 1 N–H and O–H groups in total. The Morgan fingerprint density at radius 2 is 2.21 bits per heavy atom. The lowest BCUT2D eigenvalue weighted by atomic mass is 9.86. The zero-order chi connectivity index (χ0) is 18.2. The van der Waals surface area contributed by atoms with E-state index in [1.807, 2.05) is 19.9 Å². The van der Waals surface area contributed by atoms with Crippen molar-refractivity contribution in [1.82, 2.24) is 9.88 Å². The average molecular weight is 332 g/mol. The summed E-state index contributed by atoms with van der Waals surface area (Å²) in [5, 5.41) is 9.59. The summed E-state index contributed by atoms with van der Waals surface area (Å²) < 4.78 is 13.1. The maximum Gasteiger partial charge on any atom is 0.273 e. The van der Waals surface area contributed by atoms with Gasteiger partial charge in [-0.1, -0.05) is 38.3 Å². The number of amides is 1. The first-order valence-electron chi connectivity index (χ1n) is 7.90. The van der Waals surface area contributed by atoms with E-state index in [0.29, 0.717) is 18.5 Å². The molecule has 0 aliphatic rings. The molecule has 0 aliphatic heterocycles. The fraction of sp³-hybridized carbons (Fsp3) is 0.368. The second kappa shape index (κ2) is 9.13. The van der Waals surface area contributed by atoms with Gasteiger partial charge in [0, 0.05) is 6.54 Å². The van der Waals surface area contributed by atoms with Gasteiger partial charge in [0.25, 0.3) is 5.91 Å². The Balaban J connectivity index is 3.26. The minimum atomic E-state index is -0.780. The van der Waals surface area contributed by atoms with Crippen LogP contribution in [0.25, 0.3) is 0 Å². The van der Waals surface area contributed by atoms with Gasteiger partial charge in [0.1, 0.15) is 11.5 Å². The summed E-state index contributed by atoms with van der Waals surface area (Å²) in [6.07, 6.45) is 7.54. The summed E-state index contributed by atoms with van der Waals surface area (Å²) in [4.78, 5) is 18.4.